The van der Waals surface area contributed by atoms with Crippen LogP contribution in [-0.2, 0) is 6.54 Å². The molecule has 0 radical (unpaired) electrons. The van der Waals surface area contributed by atoms with Crippen LogP contribution >= 0.6 is 27.3 Å². The molecule has 1 aliphatic carbocycles. The molecule has 1 fully saturated rings. The third-order valence-corrected chi connectivity index (χ3v) is 4.57. The van der Waals surface area contributed by atoms with Crippen LogP contribution in [0, 0.1) is 5.92 Å². The van der Waals surface area contributed by atoms with Crippen molar-refractivity contribution in [3.8, 4) is 0 Å². The van der Waals surface area contributed by atoms with Gasteiger partial charge in [0.15, 0.2) is 0 Å². The van der Waals surface area contributed by atoms with Gasteiger partial charge in [-0.25, -0.2) is 0 Å². The molecule has 2 nitrogen and oxygen atoms in total. The maximum atomic E-state index is 6.22. The summed E-state index contributed by atoms with van der Waals surface area (Å²) >= 11 is 5.24. The molecule has 15 heavy (non-hydrogen) atoms. The first-order chi connectivity index (χ1) is 7.08. The van der Waals surface area contributed by atoms with Gasteiger partial charge in [0.25, 0.3) is 0 Å². The van der Waals surface area contributed by atoms with Crippen molar-refractivity contribution < 1.29 is 0 Å². The second kappa shape index (κ2) is 4.53. The van der Waals surface area contributed by atoms with E-state index in [9.17, 15) is 0 Å². The highest BCUT2D eigenvalue weighted by Gasteiger charge is 2.37. The molecule has 0 aromatic carbocycles. The lowest BCUT2D eigenvalue weighted by atomic mass is 9.97. The Hall–Kier alpha value is 0.1000. The first-order valence-corrected chi connectivity index (χ1v) is 6.93. The number of hydrogen-bond acceptors (Lipinski definition) is 3. The van der Waals surface area contributed by atoms with Crippen molar-refractivity contribution in [2.45, 2.75) is 31.8 Å². The van der Waals surface area contributed by atoms with E-state index < -0.39 is 0 Å². The highest BCUT2D eigenvalue weighted by atomic mass is 79.9. The molecule has 0 spiro atoms. The van der Waals surface area contributed by atoms with E-state index in [2.05, 4.69) is 40.3 Å². The van der Waals surface area contributed by atoms with Crippen molar-refractivity contribution in [3.63, 3.8) is 0 Å². The Labute approximate surface area is 103 Å². The summed E-state index contributed by atoms with van der Waals surface area (Å²) in [4.78, 5) is 1.36. The molecule has 0 amide bonds. The summed E-state index contributed by atoms with van der Waals surface area (Å²) in [6.45, 7) is 3.99. The Morgan fingerprint density at radius 1 is 1.60 bits per heavy atom. The quantitative estimate of drug-likeness (QED) is 0.874. The van der Waals surface area contributed by atoms with Crippen LogP contribution in [0.3, 0.4) is 0 Å². The van der Waals surface area contributed by atoms with Gasteiger partial charge in [0.2, 0.25) is 0 Å². The minimum absolute atomic E-state index is 0.0194. The van der Waals surface area contributed by atoms with Gasteiger partial charge in [0.1, 0.15) is 0 Å². The van der Waals surface area contributed by atoms with Crippen LogP contribution in [0.4, 0.5) is 0 Å². The molecular formula is C11H17BrN2S. The molecule has 2 rings (SSSR count). The van der Waals surface area contributed by atoms with Crippen molar-refractivity contribution >= 4 is 27.3 Å². The van der Waals surface area contributed by atoms with E-state index in [-0.39, 0.29) is 5.54 Å². The van der Waals surface area contributed by atoms with E-state index in [0.29, 0.717) is 0 Å². The topological polar surface area (TPSA) is 38.0 Å². The number of thiophene rings is 1. The molecule has 1 aliphatic rings. The zero-order chi connectivity index (χ0) is 10.9. The van der Waals surface area contributed by atoms with Crippen molar-refractivity contribution in [2.75, 3.05) is 6.54 Å². The van der Waals surface area contributed by atoms with Crippen LogP contribution in [0.25, 0.3) is 0 Å². The monoisotopic (exact) mass is 288 g/mol. The molecular weight excluding hydrogens is 272 g/mol. The molecule has 1 saturated carbocycles. The Bertz CT molecular complexity index is 331. The van der Waals surface area contributed by atoms with Crippen LogP contribution < -0.4 is 11.1 Å². The molecule has 4 heteroatoms. The Morgan fingerprint density at radius 2 is 2.33 bits per heavy atom. The minimum Gasteiger partial charge on any atom is -0.324 e. The van der Waals surface area contributed by atoms with E-state index in [1.54, 1.807) is 11.3 Å². The molecule has 1 heterocycles. The van der Waals surface area contributed by atoms with Crippen LogP contribution in [0.5, 0.6) is 0 Å². The Kier molecular flexibility index (Phi) is 3.50. The van der Waals surface area contributed by atoms with Crippen LogP contribution in [-0.4, -0.2) is 12.1 Å². The van der Waals surface area contributed by atoms with Gasteiger partial charge in [0, 0.05) is 23.5 Å². The zero-order valence-electron chi connectivity index (χ0n) is 8.92. The molecule has 0 saturated heterocycles. The van der Waals surface area contributed by atoms with E-state index in [4.69, 9.17) is 5.73 Å². The van der Waals surface area contributed by atoms with Gasteiger partial charge in [-0.05, 0) is 53.7 Å². The third-order valence-electron chi connectivity index (χ3n) is 2.94. The lowest BCUT2D eigenvalue weighted by molar-refractivity contribution is 0.380. The fourth-order valence-electron chi connectivity index (χ4n) is 1.79. The predicted octanol–water partition coefficient (Wildman–Crippen LogP) is 2.73. The third kappa shape index (κ3) is 3.28. The number of rotatable bonds is 5. The minimum atomic E-state index is -0.0194. The van der Waals surface area contributed by atoms with E-state index in [1.165, 1.54) is 21.5 Å². The fourth-order valence-corrected chi connectivity index (χ4v) is 3.24. The van der Waals surface area contributed by atoms with Crippen molar-refractivity contribution in [1.29, 1.82) is 0 Å². The summed E-state index contributed by atoms with van der Waals surface area (Å²) in [5.74, 6) is 0.736. The maximum Gasteiger partial charge on any atom is 0.0701 e. The summed E-state index contributed by atoms with van der Waals surface area (Å²) in [5, 5.41) is 3.44. The maximum absolute atomic E-state index is 6.22. The summed E-state index contributed by atoms with van der Waals surface area (Å²) in [7, 11) is 0. The van der Waals surface area contributed by atoms with Crippen molar-refractivity contribution in [2.24, 2.45) is 11.7 Å². The van der Waals surface area contributed by atoms with Gasteiger partial charge in [-0.1, -0.05) is 0 Å². The molecule has 3 N–H and O–H groups in total. The lowest BCUT2D eigenvalue weighted by Gasteiger charge is -2.24. The van der Waals surface area contributed by atoms with E-state index >= 15 is 0 Å². The van der Waals surface area contributed by atoms with Gasteiger partial charge < -0.3 is 11.1 Å². The van der Waals surface area contributed by atoms with Gasteiger partial charge >= 0.3 is 0 Å². The standard InChI is InChI=1S/C11H17BrN2S/c1-11(13,8-2-3-8)7-14-6-9-4-5-10(12)15-9/h4-5,8,14H,2-3,6-7,13H2,1H3. The molecule has 1 atom stereocenters. The van der Waals surface area contributed by atoms with Gasteiger partial charge in [-0.15, -0.1) is 11.3 Å². The average molecular weight is 289 g/mol. The molecule has 0 bridgehead atoms. The summed E-state index contributed by atoms with van der Waals surface area (Å²) in [5.41, 5.74) is 6.20. The predicted molar refractivity (Wildman–Crippen MR) is 69.0 cm³/mol. The zero-order valence-corrected chi connectivity index (χ0v) is 11.3. The summed E-state index contributed by atoms with van der Waals surface area (Å²) in [6, 6.07) is 4.23. The number of halogens is 1. The number of nitrogens with two attached hydrogens (primary N) is 1. The van der Waals surface area contributed by atoms with Crippen LogP contribution in [0.1, 0.15) is 24.6 Å². The first-order valence-electron chi connectivity index (χ1n) is 5.32. The second-order valence-electron chi connectivity index (χ2n) is 4.59. The molecule has 0 aliphatic heterocycles. The van der Waals surface area contributed by atoms with E-state index in [0.717, 1.165) is 19.0 Å². The van der Waals surface area contributed by atoms with Gasteiger partial charge in [-0.3, -0.25) is 0 Å². The smallest absolute Gasteiger partial charge is 0.0701 e. The van der Waals surface area contributed by atoms with Gasteiger partial charge in [0.05, 0.1) is 3.79 Å². The SMILES string of the molecule is CC(N)(CNCc1ccc(Br)s1)C1CC1. The number of hydrogen-bond donors (Lipinski definition) is 2. The molecule has 1 aromatic rings. The lowest BCUT2D eigenvalue weighted by Crippen LogP contribution is -2.47. The average Bonchev–Trinajstić information content (AvgIpc) is 2.92. The summed E-state index contributed by atoms with van der Waals surface area (Å²) < 4.78 is 1.19. The number of nitrogens with one attached hydrogen (secondary N) is 1. The van der Waals surface area contributed by atoms with E-state index in [1.807, 2.05) is 0 Å². The molecule has 84 valence electrons. The van der Waals surface area contributed by atoms with Gasteiger partial charge in [-0.2, -0.15) is 0 Å². The normalized spacial score (nSPS) is 20.2. The van der Waals surface area contributed by atoms with Crippen LogP contribution in [0.15, 0.2) is 15.9 Å². The molecule has 1 aromatic heterocycles. The molecule has 1 unspecified atom stereocenters. The first kappa shape index (κ1) is 11.6. The highest BCUT2D eigenvalue weighted by molar-refractivity contribution is 9.11. The Balaban J connectivity index is 1.74. The Morgan fingerprint density at radius 3 is 2.87 bits per heavy atom. The largest absolute Gasteiger partial charge is 0.324 e. The highest BCUT2D eigenvalue weighted by Crippen LogP contribution is 2.37. The second-order valence-corrected chi connectivity index (χ2v) is 7.14. The van der Waals surface area contributed by atoms with Crippen molar-refractivity contribution in [3.05, 3.63) is 20.8 Å². The van der Waals surface area contributed by atoms with Crippen LogP contribution in [0.2, 0.25) is 0 Å². The fraction of sp³-hybridized carbons (Fsp3) is 0.636. The van der Waals surface area contributed by atoms with Crippen molar-refractivity contribution in [1.82, 2.24) is 5.32 Å². The summed E-state index contributed by atoms with van der Waals surface area (Å²) in [6.07, 6.45) is 2.61.